The first-order valence-corrected chi connectivity index (χ1v) is 12.1. The van der Waals surface area contributed by atoms with E-state index in [1.165, 1.54) is 9.80 Å². The van der Waals surface area contributed by atoms with Gasteiger partial charge in [-0.1, -0.05) is 26.3 Å². The number of carboxylic acids is 1. The van der Waals surface area contributed by atoms with Crippen LogP contribution in [0.5, 0.6) is 17.2 Å². The van der Waals surface area contributed by atoms with Crippen LogP contribution >= 0.6 is 0 Å². The molecule has 4 rings (SSSR count). The van der Waals surface area contributed by atoms with Crippen LogP contribution in [-0.2, 0) is 20.8 Å². The van der Waals surface area contributed by atoms with Gasteiger partial charge in [-0.15, -0.1) is 0 Å². The number of carbonyl (C=O) groups is 3. The third kappa shape index (κ3) is 5.30. The lowest BCUT2D eigenvalue weighted by atomic mass is 9.97. The number of rotatable bonds is 10. The number of hydrogen-bond donors (Lipinski definition) is 3. The predicted molar refractivity (Wildman–Crippen MR) is 134 cm³/mol. The highest BCUT2D eigenvalue weighted by Crippen LogP contribution is 2.45. The second-order valence-electron chi connectivity index (χ2n) is 9.03. The second-order valence-corrected chi connectivity index (χ2v) is 9.03. The summed E-state index contributed by atoms with van der Waals surface area (Å²) in [5.74, 6) is -2.13. The van der Waals surface area contributed by atoms with Crippen LogP contribution in [0.3, 0.4) is 0 Å². The fourth-order valence-corrected chi connectivity index (χ4v) is 4.32. The highest BCUT2D eigenvalue weighted by molar-refractivity contribution is 6.41. The Morgan fingerprint density at radius 1 is 1.19 bits per heavy atom. The topological polar surface area (TPSA) is 155 Å². The molecule has 2 aromatic carbocycles. The molecule has 196 valence electrons. The zero-order chi connectivity index (χ0) is 26.7. The Kier molecular flexibility index (Phi) is 7.51. The smallest absolute Gasteiger partial charge is 0.316 e. The Bertz CT molecular complexity index is 1210. The van der Waals surface area contributed by atoms with Crippen LogP contribution in [0, 0.1) is 11.3 Å². The van der Waals surface area contributed by atoms with Crippen molar-refractivity contribution in [2.75, 3.05) is 24.8 Å². The van der Waals surface area contributed by atoms with Crippen LogP contribution < -0.4 is 24.8 Å². The van der Waals surface area contributed by atoms with Crippen LogP contribution in [0.2, 0.25) is 0 Å². The molecule has 37 heavy (non-hydrogen) atoms. The molecule has 2 heterocycles. The summed E-state index contributed by atoms with van der Waals surface area (Å²) in [6.07, 6.45) is 0.803. The number of unbranched alkanes of at least 4 members (excludes halogenated alkanes) is 1. The average molecular weight is 511 g/mol. The van der Waals surface area contributed by atoms with E-state index in [0.29, 0.717) is 47.0 Å². The van der Waals surface area contributed by atoms with E-state index in [4.69, 9.17) is 25.4 Å². The molecule has 2 amide bonds. The number of carboxylic acid groups (broad SMARTS) is 1. The number of anilines is 1. The number of carbonyl (C=O) groups excluding carboxylic acids is 2. The Morgan fingerprint density at radius 2 is 1.92 bits per heavy atom. The van der Waals surface area contributed by atoms with E-state index in [0.717, 1.165) is 6.42 Å². The fourth-order valence-electron chi connectivity index (χ4n) is 4.32. The first kappa shape index (κ1) is 25.8. The molecule has 0 bridgehead atoms. The summed E-state index contributed by atoms with van der Waals surface area (Å²) in [6.45, 7) is 3.83. The summed E-state index contributed by atoms with van der Waals surface area (Å²) in [7, 11) is 0. The highest BCUT2D eigenvalue weighted by Gasteiger charge is 2.43. The Balaban J connectivity index is 1.72. The molecule has 11 heteroatoms. The van der Waals surface area contributed by atoms with Crippen LogP contribution in [0.15, 0.2) is 36.4 Å². The number of nitrogen functional groups attached to an aromatic ring is 1. The summed E-state index contributed by atoms with van der Waals surface area (Å²) in [5, 5.41) is 17.0. The van der Waals surface area contributed by atoms with Gasteiger partial charge >= 0.3 is 17.8 Å². The van der Waals surface area contributed by atoms with Gasteiger partial charge in [-0.25, -0.2) is 0 Å². The number of aliphatic carboxylic acids is 1. The number of hydrogen-bond acceptors (Lipinski definition) is 7. The summed E-state index contributed by atoms with van der Waals surface area (Å²) < 4.78 is 17.3. The van der Waals surface area contributed by atoms with Crippen molar-refractivity contribution < 1.29 is 33.7 Å². The minimum atomic E-state index is -0.981. The van der Waals surface area contributed by atoms with Crippen molar-refractivity contribution in [2.45, 2.75) is 39.3 Å². The predicted octanol–water partition coefficient (Wildman–Crippen LogP) is 2.34. The summed E-state index contributed by atoms with van der Waals surface area (Å²) in [5.41, 5.74) is 6.93. The van der Waals surface area contributed by atoms with Crippen molar-refractivity contribution in [3.8, 4) is 17.2 Å². The van der Waals surface area contributed by atoms with Gasteiger partial charge in [0.05, 0.1) is 18.2 Å². The molecule has 2 atom stereocenters. The molecule has 0 aliphatic carbocycles. The monoisotopic (exact) mass is 510 g/mol. The fraction of sp³-hybridized carbons (Fsp3) is 0.385. The first-order valence-electron chi connectivity index (χ1n) is 12.1. The number of ether oxygens (including phenoxy) is 3. The van der Waals surface area contributed by atoms with Crippen molar-refractivity contribution in [3.63, 3.8) is 0 Å². The van der Waals surface area contributed by atoms with Crippen LogP contribution in [0.25, 0.3) is 0 Å². The molecule has 0 saturated carbocycles. The van der Waals surface area contributed by atoms with Crippen molar-refractivity contribution in [1.29, 1.82) is 5.41 Å². The highest BCUT2D eigenvalue weighted by atomic mass is 16.7. The quantitative estimate of drug-likeness (QED) is 0.250. The number of fused-ring (bicyclic) bond motifs is 1. The van der Waals surface area contributed by atoms with E-state index in [1.807, 2.05) is 6.92 Å². The van der Waals surface area contributed by atoms with Crippen molar-refractivity contribution in [1.82, 2.24) is 4.90 Å². The standard InChI is InChI=1S/C26H30N4O7/c1-3-4-11-29-20(37-18-8-5-16(6-9-18)23(27)28)13-30(25(32)24(29)31)21-17(12-15(2)26(33)34)7-10-19-22(21)36-14-35-19/h5-10,15,20H,3-4,11-14H2,1-2H3,(H3,27,28)(H,33,34). The van der Waals surface area contributed by atoms with Crippen LogP contribution in [-0.4, -0.2) is 59.7 Å². The Morgan fingerprint density at radius 3 is 2.57 bits per heavy atom. The lowest BCUT2D eigenvalue weighted by Gasteiger charge is -2.40. The molecular formula is C26H30N4O7. The van der Waals surface area contributed by atoms with Gasteiger partial charge in [-0.3, -0.25) is 29.6 Å². The van der Waals surface area contributed by atoms with Gasteiger partial charge < -0.3 is 25.1 Å². The van der Waals surface area contributed by atoms with Crippen molar-refractivity contribution in [2.24, 2.45) is 11.7 Å². The van der Waals surface area contributed by atoms with Gasteiger partial charge in [-0.05, 0) is 48.7 Å². The molecule has 2 unspecified atom stereocenters. The van der Waals surface area contributed by atoms with E-state index >= 15 is 0 Å². The van der Waals surface area contributed by atoms with E-state index in [-0.39, 0.29) is 25.6 Å². The maximum absolute atomic E-state index is 13.4. The van der Waals surface area contributed by atoms with Crippen molar-refractivity contribution in [3.05, 3.63) is 47.5 Å². The normalized spacial score (nSPS) is 17.6. The molecular weight excluding hydrogens is 480 g/mol. The molecule has 4 N–H and O–H groups in total. The molecule has 0 radical (unpaired) electrons. The molecule has 0 aromatic heterocycles. The summed E-state index contributed by atoms with van der Waals surface area (Å²) in [4.78, 5) is 41.1. The van der Waals surface area contributed by atoms with Crippen LogP contribution in [0.4, 0.5) is 5.69 Å². The molecule has 1 fully saturated rings. The molecule has 0 spiro atoms. The lowest BCUT2D eigenvalue weighted by Crippen LogP contribution is -2.62. The van der Waals surface area contributed by atoms with E-state index in [9.17, 15) is 19.5 Å². The summed E-state index contributed by atoms with van der Waals surface area (Å²) in [6, 6.07) is 9.95. The van der Waals surface area contributed by atoms with E-state index in [1.54, 1.807) is 43.3 Å². The van der Waals surface area contributed by atoms with Gasteiger partial charge in [0.1, 0.15) is 11.6 Å². The van der Waals surface area contributed by atoms with Gasteiger partial charge in [0.15, 0.2) is 17.7 Å². The van der Waals surface area contributed by atoms with Gasteiger partial charge in [0.25, 0.3) is 0 Å². The first-order chi connectivity index (χ1) is 17.7. The van der Waals surface area contributed by atoms with E-state index < -0.39 is 29.9 Å². The average Bonchev–Trinajstić information content (AvgIpc) is 3.35. The number of amidine groups is 1. The number of nitrogens with zero attached hydrogens (tertiary/aromatic N) is 2. The van der Waals surface area contributed by atoms with Crippen LogP contribution in [0.1, 0.15) is 37.8 Å². The summed E-state index contributed by atoms with van der Waals surface area (Å²) >= 11 is 0. The number of benzene rings is 2. The zero-order valence-electron chi connectivity index (χ0n) is 20.7. The largest absolute Gasteiger partial charge is 0.481 e. The lowest BCUT2D eigenvalue weighted by molar-refractivity contribution is -0.154. The van der Waals surface area contributed by atoms with Gasteiger partial charge in [0.2, 0.25) is 6.79 Å². The number of nitrogens with two attached hydrogens (primary N) is 1. The zero-order valence-corrected chi connectivity index (χ0v) is 20.7. The number of piperazine rings is 1. The molecule has 1 saturated heterocycles. The third-order valence-electron chi connectivity index (χ3n) is 6.38. The molecule has 11 nitrogen and oxygen atoms in total. The SMILES string of the molecule is CCCCN1C(=O)C(=O)N(c2c(CC(C)C(=O)O)ccc3c2OCO3)CC1Oc1ccc(C(=N)N)cc1. The maximum atomic E-state index is 13.4. The number of amides is 2. The minimum absolute atomic E-state index is 0.00296. The number of nitrogens with one attached hydrogen (secondary N) is 1. The third-order valence-corrected chi connectivity index (χ3v) is 6.38. The molecule has 2 aromatic rings. The Labute approximate surface area is 214 Å². The second kappa shape index (κ2) is 10.8. The molecule has 2 aliphatic rings. The van der Waals surface area contributed by atoms with Gasteiger partial charge in [0, 0.05) is 12.1 Å². The Hall–Kier alpha value is -4.28. The van der Waals surface area contributed by atoms with E-state index in [2.05, 4.69) is 0 Å². The van der Waals surface area contributed by atoms with Crippen molar-refractivity contribution >= 4 is 29.3 Å². The van der Waals surface area contributed by atoms with Gasteiger partial charge in [-0.2, -0.15) is 0 Å². The molecule has 2 aliphatic heterocycles. The minimum Gasteiger partial charge on any atom is -0.481 e. The maximum Gasteiger partial charge on any atom is 0.316 e.